The summed E-state index contributed by atoms with van der Waals surface area (Å²) < 4.78 is 5.64. The Morgan fingerprint density at radius 2 is 2.00 bits per heavy atom. The number of hydrogen-bond acceptors (Lipinski definition) is 3. The van der Waals surface area contributed by atoms with Gasteiger partial charge in [-0.2, -0.15) is 0 Å². The number of hydrogen-bond donors (Lipinski definition) is 3. The van der Waals surface area contributed by atoms with E-state index in [1.807, 2.05) is 19.1 Å². The Kier molecular flexibility index (Phi) is 6.85. The topological polar surface area (TPSA) is 62.4 Å². The Labute approximate surface area is 149 Å². The molecule has 3 N–H and O–H groups in total. The number of nitrogens with one attached hydrogen (secondary N) is 3. The number of rotatable bonds is 5. The number of amides is 1. The predicted octanol–water partition coefficient (Wildman–Crippen LogP) is 2.94. The molecule has 5 nitrogen and oxygen atoms in total. The van der Waals surface area contributed by atoms with Gasteiger partial charge in [0, 0.05) is 6.04 Å². The molecule has 1 saturated carbocycles. The minimum Gasteiger partial charge on any atom is -0.483 e. The summed E-state index contributed by atoms with van der Waals surface area (Å²) in [6, 6.07) is 6.51. The van der Waals surface area contributed by atoms with Gasteiger partial charge in [0.25, 0.3) is 5.91 Å². The van der Waals surface area contributed by atoms with Gasteiger partial charge in [-0.15, -0.1) is 0 Å². The first kappa shape index (κ1) is 18.5. The highest BCUT2D eigenvalue weighted by Crippen LogP contribution is 2.24. The number of carbonyl (C=O) groups is 1. The number of benzene rings is 1. The van der Waals surface area contributed by atoms with Crippen LogP contribution in [0.25, 0.3) is 0 Å². The van der Waals surface area contributed by atoms with Gasteiger partial charge < -0.3 is 10.1 Å². The molecule has 2 rings (SSSR count). The lowest BCUT2D eigenvalue weighted by Crippen LogP contribution is -2.50. The second kappa shape index (κ2) is 8.87. The standard InChI is InChI=1S/C18H27N3O2S/c1-12(2)14-9-8-13(3)16(10-14)23-11-17(22)20-21-18(24)19-15-6-4-5-7-15/h8-10,12,15H,4-7,11H2,1-3H3,(H,20,22)(H2,19,21,24). The highest BCUT2D eigenvalue weighted by Gasteiger charge is 2.15. The van der Waals surface area contributed by atoms with Crippen LogP contribution in [0.15, 0.2) is 18.2 Å². The number of carbonyl (C=O) groups excluding carboxylic acids is 1. The first-order valence-corrected chi connectivity index (χ1v) is 8.95. The van der Waals surface area contributed by atoms with Crippen LogP contribution < -0.4 is 20.9 Å². The van der Waals surface area contributed by atoms with Gasteiger partial charge in [-0.3, -0.25) is 15.6 Å². The molecule has 0 aromatic heterocycles. The van der Waals surface area contributed by atoms with Crippen LogP contribution in [0.2, 0.25) is 0 Å². The van der Waals surface area contributed by atoms with Gasteiger partial charge in [0.1, 0.15) is 5.75 Å². The summed E-state index contributed by atoms with van der Waals surface area (Å²) in [4.78, 5) is 11.9. The van der Waals surface area contributed by atoms with Crippen molar-refractivity contribution in [3.05, 3.63) is 29.3 Å². The third kappa shape index (κ3) is 5.67. The first-order valence-electron chi connectivity index (χ1n) is 8.54. The molecule has 0 unspecified atom stereocenters. The largest absolute Gasteiger partial charge is 0.483 e. The van der Waals surface area contributed by atoms with E-state index in [-0.39, 0.29) is 12.5 Å². The molecule has 0 heterocycles. The minimum atomic E-state index is -0.264. The fourth-order valence-corrected chi connectivity index (χ4v) is 2.95. The number of thiocarbonyl (C=S) groups is 1. The number of aryl methyl sites for hydroxylation is 1. The van der Waals surface area contributed by atoms with Crippen molar-refractivity contribution in [1.82, 2.24) is 16.2 Å². The molecule has 1 aliphatic rings. The zero-order chi connectivity index (χ0) is 17.5. The molecule has 0 radical (unpaired) electrons. The molecule has 1 aliphatic carbocycles. The fourth-order valence-electron chi connectivity index (χ4n) is 2.73. The summed E-state index contributed by atoms with van der Waals surface area (Å²) in [7, 11) is 0. The summed E-state index contributed by atoms with van der Waals surface area (Å²) >= 11 is 5.18. The van der Waals surface area contributed by atoms with Crippen molar-refractivity contribution in [1.29, 1.82) is 0 Å². The van der Waals surface area contributed by atoms with Crippen molar-refractivity contribution in [2.75, 3.05) is 6.61 Å². The lowest BCUT2D eigenvalue weighted by Gasteiger charge is -2.16. The smallest absolute Gasteiger partial charge is 0.276 e. The molecular weight excluding hydrogens is 322 g/mol. The van der Waals surface area contributed by atoms with E-state index in [4.69, 9.17) is 17.0 Å². The summed E-state index contributed by atoms with van der Waals surface area (Å²) in [5, 5.41) is 3.65. The number of ether oxygens (including phenoxy) is 1. The Hall–Kier alpha value is -1.82. The van der Waals surface area contributed by atoms with Gasteiger partial charge in [0.2, 0.25) is 0 Å². The van der Waals surface area contributed by atoms with E-state index in [0.29, 0.717) is 17.1 Å². The third-order valence-electron chi connectivity index (χ3n) is 4.24. The molecule has 0 bridgehead atoms. The van der Waals surface area contributed by atoms with E-state index >= 15 is 0 Å². The van der Waals surface area contributed by atoms with E-state index in [9.17, 15) is 4.79 Å². The first-order chi connectivity index (χ1) is 11.5. The van der Waals surface area contributed by atoms with Gasteiger partial charge in [-0.1, -0.05) is 38.8 Å². The Bertz CT molecular complexity index is 584. The maximum atomic E-state index is 11.9. The van der Waals surface area contributed by atoms with Gasteiger partial charge in [-0.25, -0.2) is 0 Å². The molecule has 24 heavy (non-hydrogen) atoms. The molecule has 1 fully saturated rings. The van der Waals surface area contributed by atoms with Crippen LogP contribution in [0, 0.1) is 6.92 Å². The van der Waals surface area contributed by atoms with Crippen LogP contribution in [0.3, 0.4) is 0 Å². The van der Waals surface area contributed by atoms with Gasteiger partial charge in [0.05, 0.1) is 0 Å². The van der Waals surface area contributed by atoms with Crippen LogP contribution in [-0.4, -0.2) is 23.7 Å². The molecule has 0 atom stereocenters. The monoisotopic (exact) mass is 349 g/mol. The predicted molar refractivity (Wildman–Crippen MR) is 100 cm³/mol. The van der Waals surface area contributed by atoms with Crippen molar-refractivity contribution >= 4 is 23.2 Å². The van der Waals surface area contributed by atoms with Gasteiger partial charge in [-0.05, 0) is 55.1 Å². The summed E-state index contributed by atoms with van der Waals surface area (Å²) in [6.07, 6.45) is 4.72. The van der Waals surface area contributed by atoms with Gasteiger partial charge in [0.15, 0.2) is 11.7 Å². The second-order valence-electron chi connectivity index (χ2n) is 6.60. The quantitative estimate of drug-likeness (QED) is 0.563. The Morgan fingerprint density at radius 3 is 2.67 bits per heavy atom. The summed E-state index contributed by atoms with van der Waals surface area (Å²) in [5.41, 5.74) is 7.50. The molecule has 0 saturated heterocycles. The SMILES string of the molecule is Cc1ccc(C(C)C)cc1OCC(=O)NNC(=S)NC1CCCC1. The lowest BCUT2D eigenvalue weighted by molar-refractivity contribution is -0.123. The van der Waals surface area contributed by atoms with Crippen LogP contribution >= 0.6 is 12.2 Å². The molecule has 0 spiro atoms. The van der Waals surface area contributed by atoms with E-state index in [1.54, 1.807) is 0 Å². The van der Waals surface area contributed by atoms with Crippen molar-refractivity contribution < 1.29 is 9.53 Å². The third-order valence-corrected chi connectivity index (χ3v) is 4.46. The highest BCUT2D eigenvalue weighted by molar-refractivity contribution is 7.80. The van der Waals surface area contributed by atoms with Crippen molar-refractivity contribution in [3.8, 4) is 5.75 Å². The molecule has 132 valence electrons. The van der Waals surface area contributed by atoms with Crippen LogP contribution in [-0.2, 0) is 4.79 Å². The van der Waals surface area contributed by atoms with Crippen LogP contribution in [0.1, 0.15) is 56.6 Å². The Morgan fingerprint density at radius 1 is 1.29 bits per heavy atom. The fraction of sp³-hybridized carbons (Fsp3) is 0.556. The average molecular weight is 350 g/mol. The maximum absolute atomic E-state index is 11.9. The van der Waals surface area contributed by atoms with Crippen LogP contribution in [0.4, 0.5) is 0 Å². The van der Waals surface area contributed by atoms with Crippen molar-refractivity contribution in [2.45, 2.75) is 58.4 Å². The van der Waals surface area contributed by atoms with E-state index in [2.05, 4.69) is 36.1 Å². The molecule has 1 amide bonds. The zero-order valence-corrected chi connectivity index (χ0v) is 15.5. The summed E-state index contributed by atoms with van der Waals surface area (Å²) in [5.74, 6) is 0.894. The van der Waals surface area contributed by atoms with E-state index in [0.717, 1.165) is 24.2 Å². The summed E-state index contributed by atoms with van der Waals surface area (Å²) in [6.45, 7) is 6.17. The highest BCUT2D eigenvalue weighted by atomic mass is 32.1. The van der Waals surface area contributed by atoms with Crippen molar-refractivity contribution in [2.24, 2.45) is 0 Å². The Balaban J connectivity index is 1.74. The van der Waals surface area contributed by atoms with E-state index < -0.39 is 0 Å². The normalized spacial score (nSPS) is 14.5. The molecule has 1 aromatic carbocycles. The van der Waals surface area contributed by atoms with Gasteiger partial charge >= 0.3 is 0 Å². The average Bonchev–Trinajstić information content (AvgIpc) is 3.04. The maximum Gasteiger partial charge on any atom is 0.276 e. The minimum absolute atomic E-state index is 0.0541. The van der Waals surface area contributed by atoms with E-state index in [1.165, 1.54) is 18.4 Å². The van der Waals surface area contributed by atoms with Crippen LogP contribution in [0.5, 0.6) is 5.75 Å². The second-order valence-corrected chi connectivity index (χ2v) is 7.00. The molecule has 1 aromatic rings. The molecule has 6 heteroatoms. The molecular formula is C18H27N3O2S. The zero-order valence-electron chi connectivity index (χ0n) is 14.6. The number of hydrazine groups is 1. The lowest BCUT2D eigenvalue weighted by atomic mass is 10.0. The van der Waals surface area contributed by atoms with Crippen molar-refractivity contribution in [3.63, 3.8) is 0 Å². The molecule has 0 aliphatic heterocycles.